The number of aromatic amines is 3. The number of carbonyl (C=O) groups excluding carboxylic acids is 18. The summed E-state index contributed by atoms with van der Waals surface area (Å²) in [4.78, 5) is 281. The van der Waals surface area contributed by atoms with Crippen LogP contribution in [0.15, 0.2) is 152 Å². The van der Waals surface area contributed by atoms with Gasteiger partial charge in [0.2, 0.25) is 106 Å². The molecule has 148 heavy (non-hydrogen) atoms. The highest BCUT2D eigenvalue weighted by atomic mass is 16.4. The summed E-state index contributed by atoms with van der Waals surface area (Å²) in [6.45, 7) is 11.6. The van der Waals surface area contributed by atoms with Gasteiger partial charge in [-0.2, -0.15) is 0 Å². The number of carboxylic acids is 1. The second-order valence-corrected chi connectivity index (χ2v) is 38.7. The number of fused-ring (bicyclic) bond motifs is 3. The van der Waals surface area contributed by atoms with Gasteiger partial charge < -0.3 is 133 Å². The molecule has 0 fully saturated rings. The fourth-order valence-electron chi connectivity index (χ4n) is 17.3. The summed E-state index contributed by atoms with van der Waals surface area (Å²) in [5.41, 5.74) is 23.7. The molecule has 5 aromatic carbocycles. The molecule has 8 aromatic rings. The van der Waals surface area contributed by atoms with E-state index in [0.29, 0.717) is 56.0 Å². The van der Waals surface area contributed by atoms with Crippen molar-refractivity contribution in [3.8, 4) is 11.5 Å². The molecule has 1 aliphatic heterocycles. The van der Waals surface area contributed by atoms with Gasteiger partial charge in [-0.3, -0.25) is 91.1 Å². The molecular weight excluding hydrogens is 1910 g/mol. The Morgan fingerprint density at radius 1 is 0.446 bits per heavy atom. The van der Waals surface area contributed by atoms with Gasteiger partial charge in [0.15, 0.2) is 0 Å². The molecule has 44 heteroatoms. The number of primary amides is 3. The van der Waals surface area contributed by atoms with Crippen LogP contribution >= 0.6 is 0 Å². The lowest BCUT2D eigenvalue weighted by molar-refractivity contribution is -0.139. The smallest absolute Gasteiger partial charge is 0.303 e. The highest BCUT2D eigenvalue weighted by Gasteiger charge is 2.45. The zero-order valence-electron chi connectivity index (χ0n) is 84.2. The maximum Gasteiger partial charge on any atom is 0.303 e. The predicted molar refractivity (Wildman–Crippen MR) is 547 cm³/mol. The molecule has 9 rings (SSSR count). The second-order valence-electron chi connectivity index (χ2n) is 38.7. The van der Waals surface area contributed by atoms with E-state index in [4.69, 9.17) is 22.9 Å². The number of hydrogen-bond donors (Lipinski definition) is 25. The van der Waals surface area contributed by atoms with Crippen molar-refractivity contribution >= 4 is 145 Å². The van der Waals surface area contributed by atoms with Crippen molar-refractivity contribution in [2.75, 3.05) is 13.1 Å². The number of carbonyl (C=O) groups is 19. The van der Waals surface area contributed by atoms with Crippen molar-refractivity contribution in [3.05, 3.63) is 180 Å². The van der Waals surface area contributed by atoms with Crippen molar-refractivity contribution < 1.29 is 106 Å². The summed E-state index contributed by atoms with van der Waals surface area (Å²) in [6, 6.07) is 13.4. The van der Waals surface area contributed by atoms with Crippen molar-refractivity contribution in [1.29, 1.82) is 0 Å². The Morgan fingerprint density at radius 3 is 1.41 bits per heavy atom. The van der Waals surface area contributed by atoms with Crippen LogP contribution in [0.2, 0.25) is 0 Å². The van der Waals surface area contributed by atoms with E-state index in [1.165, 1.54) is 76.2 Å². The molecule has 1 aliphatic rings. The molecule has 3 aromatic heterocycles. The summed E-state index contributed by atoms with van der Waals surface area (Å²) in [6.07, 6.45) is 4.13. The van der Waals surface area contributed by atoms with Gasteiger partial charge >= 0.3 is 5.97 Å². The average molecular weight is 2050 g/mol. The largest absolute Gasteiger partial charge is 0.508 e. The van der Waals surface area contributed by atoms with Crippen LogP contribution in [0.5, 0.6) is 11.5 Å². The summed E-state index contributed by atoms with van der Waals surface area (Å²) in [5, 5.41) is 72.3. The van der Waals surface area contributed by atoms with E-state index in [1.54, 1.807) is 125 Å². The van der Waals surface area contributed by atoms with Gasteiger partial charge in [0.05, 0.1) is 13.0 Å². The molecule has 18 amide bonds. The number of H-pyrrole nitrogens is 3. The fraction of sp³-hybridized carbons (Fsp3) is 0.452. The molecule has 0 radical (unpaired) electrons. The number of nitrogens with one attached hydrogen (secondary N) is 18. The van der Waals surface area contributed by atoms with Crippen LogP contribution < -0.4 is 103 Å². The van der Waals surface area contributed by atoms with Crippen molar-refractivity contribution in [1.82, 2.24) is 94.7 Å². The molecule has 29 N–H and O–H groups in total. The Hall–Kier alpha value is -16.1. The molecule has 0 spiro atoms. The topological polar surface area (TPSA) is 717 Å². The van der Waals surface area contributed by atoms with Crippen LogP contribution in [0.25, 0.3) is 32.7 Å². The van der Waals surface area contributed by atoms with Gasteiger partial charge in [-0.15, -0.1) is 0 Å². The Morgan fingerprint density at radius 2 is 0.892 bits per heavy atom. The first-order valence-corrected chi connectivity index (χ1v) is 49.4. The third-order valence-electron chi connectivity index (χ3n) is 25.4. The first-order valence-electron chi connectivity index (χ1n) is 49.4. The summed E-state index contributed by atoms with van der Waals surface area (Å²) >= 11 is 0. The molecule has 0 aliphatic carbocycles. The predicted octanol–water partition coefficient (Wildman–Crippen LogP) is 1.40. The number of carboxylic acid groups (broad SMARTS) is 1. The van der Waals surface area contributed by atoms with Crippen LogP contribution in [0.1, 0.15) is 186 Å². The molecule has 0 saturated carbocycles. The van der Waals surface area contributed by atoms with Crippen LogP contribution in [-0.2, 0) is 123 Å². The maximum absolute atomic E-state index is 15.9. The molecule has 14 atom stereocenters. The molecule has 4 heterocycles. The van der Waals surface area contributed by atoms with Gasteiger partial charge in [0, 0.05) is 103 Å². The quantitative estimate of drug-likeness (QED) is 0.0189. The molecule has 796 valence electrons. The number of unbranched alkanes of at least 4 members (excludes halogenated alkanes) is 1. The average Bonchev–Trinajstić information content (AvgIpc) is 1.58. The summed E-state index contributed by atoms with van der Waals surface area (Å²) < 4.78 is 0. The van der Waals surface area contributed by atoms with Crippen LogP contribution in [-0.4, -0.2) is 239 Å². The minimum absolute atomic E-state index is 0.0616. The van der Waals surface area contributed by atoms with E-state index in [1.807, 2.05) is 6.07 Å². The Bertz CT molecular complexity index is 6100. The fourth-order valence-corrected chi connectivity index (χ4v) is 17.3. The minimum Gasteiger partial charge on any atom is -0.508 e. The normalized spacial score (nSPS) is 18.5. The minimum atomic E-state index is -2.10. The van der Waals surface area contributed by atoms with Gasteiger partial charge in [-0.25, -0.2) is 0 Å². The van der Waals surface area contributed by atoms with E-state index in [9.17, 15) is 68.1 Å². The third-order valence-corrected chi connectivity index (χ3v) is 25.4. The van der Waals surface area contributed by atoms with E-state index in [0.717, 1.165) is 10.9 Å². The Kier molecular flexibility index (Phi) is 43.2. The number of hydrogen-bond acceptors (Lipinski definition) is 22. The lowest BCUT2D eigenvalue weighted by Crippen LogP contribution is -2.65. The number of benzene rings is 5. The van der Waals surface area contributed by atoms with E-state index in [-0.39, 0.29) is 120 Å². The van der Waals surface area contributed by atoms with E-state index < -0.39 is 240 Å². The second kappa shape index (κ2) is 55.3. The van der Waals surface area contributed by atoms with Gasteiger partial charge in [0.1, 0.15) is 95.1 Å². The van der Waals surface area contributed by atoms with Crippen LogP contribution in [0, 0.1) is 11.8 Å². The molecule has 0 bridgehead atoms. The Balaban J connectivity index is 0.998. The summed E-state index contributed by atoms with van der Waals surface area (Å²) in [5.74, 6) is -19.7. The first kappa shape index (κ1) is 116. The van der Waals surface area contributed by atoms with Crippen molar-refractivity contribution in [3.63, 3.8) is 0 Å². The highest BCUT2D eigenvalue weighted by molar-refractivity contribution is 6.04. The van der Waals surface area contributed by atoms with Gasteiger partial charge in [-0.1, -0.05) is 119 Å². The zero-order chi connectivity index (χ0) is 108. The number of para-hydroxylation sites is 3. The van der Waals surface area contributed by atoms with E-state index in [2.05, 4.69) is 94.7 Å². The van der Waals surface area contributed by atoms with Gasteiger partial charge in [-0.05, 0) is 193 Å². The molecular formula is C104H138N22O22. The number of rotatable bonds is 48. The SMILES string of the molecule is CC(=O)NCC(=O)N[C@@H](Cc1c[nH]c2ccccc12)C(=O)N[C@@H](CCC(=O)O)C(=O)N[C@@H](C)C(=O)N[C@@H](CC(C)C)C(=O)N[C@@H](CCCCN)C(=O)N[C@@H](Cc1ccc(O)cc1)C(=O)N[C@@]1(C)CCC/C=C\CCC[C@@](C)(C(=O)N[C@@H](CCC(N)=O)C(=O)N[C@@H](Cc2ccc(O)cc2)C(=O)N[C@@H](Cc2c[nH]c3ccccc23)C(N)=O)NC(=O)[C@H](CC(C)C)NC(=O)[C@H](CC(N)=O)NC(=O)[C@H](Cc2c[nH]c3ccccc23)NC1=O. The number of phenolic OH excluding ortho intramolecular Hbond substituents is 2. The monoisotopic (exact) mass is 2050 g/mol. The first-order chi connectivity index (χ1) is 70.3. The highest BCUT2D eigenvalue weighted by Crippen LogP contribution is 2.28. The standard InChI is InChI=1S/C104H138N22O22/c1-57(2)45-78(118-90(136)59(5)113-91(137)75(39-41-88(133)134)116-96(142)82(114-87(132)56-109-60(6)127)50-64-54-111-72-27-17-14-24-69(64)72)94(140)115-74(29-19-22-44-105)92(138)121-81(48-62-32-36-67(129)37-33-62)100(146)126-104(8)43-21-12-10-9-11-20-42-103(7,125-99(145)79(46-58(3)4)119-98(144)84(52-86(107)131)122-97(143)83(124-102(104)148)51-65-55-112-73-28-18-15-25-70(65)73)101(147)123-76(38-40-85(106)130)93(139)120-80(47-61-30-34-66(128)35-31-61)95(141)117-77(89(108)135)49-63-53-110-71-26-16-13-23-68(63)71/h9-10,13-18,23-28,30-37,53-55,57-59,74-84,110-112,128-129H,11-12,19-22,29,38-52,56,105H2,1-8H3,(H2,106,130)(H2,107,131)(H2,108,135)(H,109,127)(H,113,137)(H,114,132)(H,115,140)(H,116,142)(H,117,141)(H,118,136)(H,119,144)(H,120,139)(H,121,138)(H,122,143)(H,123,147)(H,124,148)(H,125,145)(H,126,146)(H,133,134)/b10-9-/t59-,74-,75-,76-,77-,78-,79-,80-,81-,82-,83-,84-,103-,104-/m0/s1. The van der Waals surface area contributed by atoms with Crippen LogP contribution in [0.3, 0.4) is 0 Å². The molecule has 44 nitrogen and oxygen atoms in total. The molecule has 0 unspecified atom stereocenters. The zero-order valence-corrected chi connectivity index (χ0v) is 84.2. The number of phenols is 2. The number of aromatic hydroxyl groups is 2. The van der Waals surface area contributed by atoms with Crippen molar-refractivity contribution in [2.24, 2.45) is 34.8 Å². The number of amides is 18. The van der Waals surface area contributed by atoms with Gasteiger partial charge in [0.25, 0.3) is 0 Å². The number of aromatic nitrogens is 3. The van der Waals surface area contributed by atoms with E-state index >= 15 is 38.4 Å². The molecule has 0 saturated heterocycles. The van der Waals surface area contributed by atoms with Crippen molar-refractivity contribution in [2.45, 2.75) is 274 Å². The number of allylic oxidation sites excluding steroid dienone is 2. The Labute approximate surface area is 855 Å². The summed E-state index contributed by atoms with van der Waals surface area (Å²) in [7, 11) is 0. The maximum atomic E-state index is 15.9. The number of nitrogens with two attached hydrogens (primary N) is 4. The lowest BCUT2D eigenvalue weighted by Gasteiger charge is -2.34. The van der Waals surface area contributed by atoms with Crippen LogP contribution in [0.4, 0.5) is 0 Å². The number of aliphatic carboxylic acids is 1. The lowest BCUT2D eigenvalue weighted by atomic mass is 9.90. The third kappa shape index (κ3) is 35.4.